The van der Waals surface area contributed by atoms with Gasteiger partial charge in [0.15, 0.2) is 8.32 Å². The number of amides is 1. The van der Waals surface area contributed by atoms with E-state index in [1.807, 2.05) is 53.4 Å². The van der Waals surface area contributed by atoms with Crippen LogP contribution in [0.5, 0.6) is 0 Å². The molecule has 2 aromatic rings. The van der Waals surface area contributed by atoms with Crippen molar-refractivity contribution in [2.45, 2.75) is 83.0 Å². The van der Waals surface area contributed by atoms with Gasteiger partial charge in [-0.3, -0.25) is 4.79 Å². The first kappa shape index (κ1) is 28.9. The summed E-state index contributed by atoms with van der Waals surface area (Å²) in [5, 5.41) is 1.35. The summed E-state index contributed by atoms with van der Waals surface area (Å²) in [6, 6.07) is 14.9. The van der Waals surface area contributed by atoms with Gasteiger partial charge in [0.05, 0.1) is 18.7 Å². The van der Waals surface area contributed by atoms with Crippen LogP contribution in [0.3, 0.4) is 0 Å². The summed E-state index contributed by atoms with van der Waals surface area (Å²) in [6.07, 6.45) is 1.89. The van der Waals surface area contributed by atoms with Crippen molar-refractivity contribution in [2.24, 2.45) is 0 Å². The number of morpholine rings is 1. The molecule has 0 aliphatic carbocycles. The molecule has 2 aromatic carbocycles. The van der Waals surface area contributed by atoms with Crippen LogP contribution in [0.2, 0.25) is 28.2 Å². The molecule has 1 amide bonds. The monoisotopic (exact) mass is 547 g/mol. The Labute approximate surface area is 227 Å². The van der Waals surface area contributed by atoms with E-state index in [2.05, 4.69) is 47.4 Å². The van der Waals surface area contributed by atoms with Crippen molar-refractivity contribution in [3.63, 3.8) is 0 Å². The number of carbonyl (C=O) groups is 1. The normalized spacial score (nSPS) is 21.9. The lowest BCUT2D eigenvalue weighted by Gasteiger charge is -2.49. The highest BCUT2D eigenvalue weighted by atomic mass is 35.5. The summed E-state index contributed by atoms with van der Waals surface area (Å²) in [5.74, 6) is -0.0428. The van der Waals surface area contributed by atoms with Crippen LogP contribution in [0.4, 0.5) is 0 Å². The minimum Gasteiger partial charge on any atom is -0.415 e. The quantitative estimate of drug-likeness (QED) is 0.233. The fourth-order valence-corrected chi connectivity index (χ4v) is 5.70. The van der Waals surface area contributed by atoms with E-state index >= 15 is 0 Å². The van der Waals surface area contributed by atoms with Gasteiger partial charge in [0.25, 0.3) is 5.91 Å². The molecule has 4 nitrogen and oxygen atoms in total. The van der Waals surface area contributed by atoms with Gasteiger partial charge in [0.1, 0.15) is 12.2 Å². The highest BCUT2D eigenvalue weighted by Crippen LogP contribution is 2.45. The highest BCUT2D eigenvalue weighted by molar-refractivity contribution is 6.74. The first-order valence-electron chi connectivity index (χ1n) is 12.6. The first-order valence-corrected chi connectivity index (χ1v) is 16.3. The van der Waals surface area contributed by atoms with E-state index < -0.39 is 20.5 Å². The number of hydrogen-bond acceptors (Lipinski definition) is 3. The maximum atomic E-state index is 14.0. The van der Waals surface area contributed by atoms with Gasteiger partial charge < -0.3 is 14.1 Å². The van der Waals surface area contributed by atoms with Crippen LogP contribution in [0, 0.1) is 0 Å². The summed E-state index contributed by atoms with van der Waals surface area (Å²) in [4.78, 5) is 16.0. The van der Waals surface area contributed by atoms with Crippen molar-refractivity contribution in [3.8, 4) is 0 Å². The maximum absolute atomic E-state index is 14.0. The second-order valence-corrected chi connectivity index (χ2v) is 16.7. The summed E-state index contributed by atoms with van der Waals surface area (Å²) >= 11 is 12.6. The fourth-order valence-electron chi connectivity index (χ4n) is 4.33. The number of benzene rings is 2. The zero-order valence-corrected chi connectivity index (χ0v) is 24.8. The third-order valence-corrected chi connectivity index (χ3v) is 12.5. The maximum Gasteiger partial charge on any atom is 0.253 e. The van der Waals surface area contributed by atoms with Crippen LogP contribution < -0.4 is 0 Å². The number of ether oxygens (including phenoxy) is 1. The van der Waals surface area contributed by atoms with E-state index in [1.165, 1.54) is 0 Å². The predicted octanol–water partition coefficient (Wildman–Crippen LogP) is 8.38. The third-order valence-electron chi connectivity index (χ3n) is 7.50. The van der Waals surface area contributed by atoms with Crippen molar-refractivity contribution in [2.75, 3.05) is 6.61 Å². The fraction of sp³-hybridized carbons (Fsp3) is 0.483. The third kappa shape index (κ3) is 6.43. The van der Waals surface area contributed by atoms with Crippen molar-refractivity contribution < 1.29 is 14.0 Å². The Bertz CT molecular complexity index is 1050. The molecule has 0 radical (unpaired) electrons. The number of rotatable bonds is 9. The molecule has 0 bridgehead atoms. The molecule has 1 unspecified atom stereocenters. The smallest absolute Gasteiger partial charge is 0.253 e. The number of hydrogen-bond donors (Lipinski definition) is 0. The van der Waals surface area contributed by atoms with Gasteiger partial charge >= 0.3 is 0 Å². The van der Waals surface area contributed by atoms with E-state index in [-0.39, 0.29) is 23.0 Å². The Balaban J connectivity index is 2.11. The molecule has 196 valence electrons. The summed E-state index contributed by atoms with van der Waals surface area (Å²) < 4.78 is 13.2. The minimum atomic E-state index is -2.02. The predicted molar refractivity (Wildman–Crippen MR) is 152 cm³/mol. The first-order chi connectivity index (χ1) is 16.9. The standard InChI is InChI=1S/C29H39Cl2NO3Si/c1-8-11-25-28(33)32(24(9-2)19-34-36(6,7)29(3,4)5)26(20-14-16-22(30)17-15-20)27(35-25)21-12-10-13-23(31)18-21/h8,10,12-18,24-27H,1,9,11,19H2,2-7H3/t24?,25-,26-,27-/m1/s1. The Hall–Kier alpha value is -1.63. The Morgan fingerprint density at radius 2 is 1.78 bits per heavy atom. The average Bonchev–Trinajstić information content (AvgIpc) is 2.81. The number of halogens is 2. The van der Waals surface area contributed by atoms with Crippen LogP contribution in [0.25, 0.3) is 0 Å². The molecule has 1 aliphatic heterocycles. The van der Waals surface area contributed by atoms with Crippen molar-refractivity contribution in [1.82, 2.24) is 4.90 Å². The van der Waals surface area contributed by atoms with E-state index in [4.69, 9.17) is 32.4 Å². The molecule has 3 rings (SSSR count). The van der Waals surface area contributed by atoms with E-state index in [1.54, 1.807) is 6.08 Å². The molecule has 1 saturated heterocycles. The van der Waals surface area contributed by atoms with Crippen LogP contribution in [-0.2, 0) is 14.0 Å². The highest BCUT2D eigenvalue weighted by Gasteiger charge is 2.47. The van der Waals surface area contributed by atoms with Gasteiger partial charge in [-0.25, -0.2) is 0 Å². The second-order valence-electron chi connectivity index (χ2n) is 11.0. The van der Waals surface area contributed by atoms with E-state index in [0.717, 1.165) is 17.5 Å². The van der Waals surface area contributed by atoms with Crippen LogP contribution in [0.1, 0.15) is 63.8 Å². The minimum absolute atomic E-state index is 0.0428. The summed E-state index contributed by atoms with van der Waals surface area (Å²) in [7, 11) is -2.02. The Kier molecular flexibility index (Phi) is 9.50. The van der Waals surface area contributed by atoms with E-state index in [9.17, 15) is 4.79 Å². The van der Waals surface area contributed by atoms with Gasteiger partial charge in [-0.1, -0.05) is 81.2 Å². The van der Waals surface area contributed by atoms with Gasteiger partial charge in [0.2, 0.25) is 0 Å². The zero-order chi connectivity index (χ0) is 26.7. The van der Waals surface area contributed by atoms with Gasteiger partial charge in [-0.05, 0) is 59.9 Å². The summed E-state index contributed by atoms with van der Waals surface area (Å²) in [5.41, 5.74) is 1.88. The topological polar surface area (TPSA) is 38.8 Å². The largest absolute Gasteiger partial charge is 0.415 e. The number of carbonyl (C=O) groups excluding carboxylic acids is 1. The van der Waals surface area contributed by atoms with Crippen LogP contribution >= 0.6 is 23.2 Å². The molecule has 0 saturated carbocycles. The molecule has 4 atom stereocenters. The average molecular weight is 549 g/mol. The van der Waals surface area contributed by atoms with E-state index in [0.29, 0.717) is 23.1 Å². The summed E-state index contributed by atoms with van der Waals surface area (Å²) in [6.45, 7) is 17.6. The molecule has 1 fully saturated rings. The van der Waals surface area contributed by atoms with Crippen LogP contribution in [0.15, 0.2) is 61.2 Å². The molecule has 0 N–H and O–H groups in total. The zero-order valence-electron chi connectivity index (χ0n) is 22.3. The van der Waals surface area contributed by atoms with Gasteiger partial charge in [-0.2, -0.15) is 0 Å². The molecule has 36 heavy (non-hydrogen) atoms. The Morgan fingerprint density at radius 3 is 2.33 bits per heavy atom. The lowest BCUT2D eigenvalue weighted by Crippen LogP contribution is -2.56. The van der Waals surface area contributed by atoms with Gasteiger partial charge in [0, 0.05) is 16.5 Å². The lowest BCUT2D eigenvalue weighted by atomic mass is 9.89. The molecule has 1 heterocycles. The van der Waals surface area contributed by atoms with Crippen molar-refractivity contribution in [1.29, 1.82) is 0 Å². The SMILES string of the molecule is C=CC[C@H]1O[C@H](c2cccc(Cl)c2)[C@@H](c2ccc(Cl)cc2)N(C(CC)CO[Si](C)(C)C(C)(C)C)C1=O. The Morgan fingerprint density at radius 1 is 1.11 bits per heavy atom. The second kappa shape index (κ2) is 11.8. The molecule has 7 heteroatoms. The van der Waals surface area contributed by atoms with Gasteiger partial charge in [-0.15, -0.1) is 6.58 Å². The molecule has 1 aliphatic rings. The number of nitrogens with zero attached hydrogens (tertiary/aromatic N) is 1. The van der Waals surface area contributed by atoms with Crippen LogP contribution in [-0.4, -0.2) is 37.9 Å². The lowest BCUT2D eigenvalue weighted by molar-refractivity contribution is -0.180. The molecular formula is C29H39Cl2NO3Si. The molecule has 0 spiro atoms. The molecular weight excluding hydrogens is 509 g/mol. The molecule has 0 aromatic heterocycles. The van der Waals surface area contributed by atoms with Crippen molar-refractivity contribution >= 4 is 37.4 Å². The van der Waals surface area contributed by atoms with Crippen molar-refractivity contribution in [3.05, 3.63) is 82.4 Å².